The second-order valence-corrected chi connectivity index (χ2v) is 5.96. The predicted octanol–water partition coefficient (Wildman–Crippen LogP) is 1.93. The number of esters is 2. The van der Waals surface area contributed by atoms with E-state index in [4.69, 9.17) is 9.47 Å². The van der Waals surface area contributed by atoms with E-state index in [2.05, 4.69) is 15.3 Å². The van der Waals surface area contributed by atoms with Gasteiger partial charge in [0, 0.05) is 6.54 Å². The summed E-state index contributed by atoms with van der Waals surface area (Å²) >= 11 is 0. The zero-order valence-corrected chi connectivity index (χ0v) is 16.7. The van der Waals surface area contributed by atoms with Gasteiger partial charge in [0.05, 0.1) is 18.1 Å². The lowest BCUT2D eigenvalue weighted by Crippen LogP contribution is -2.32. The van der Waals surface area contributed by atoms with Crippen LogP contribution in [0.3, 0.4) is 0 Å². The van der Waals surface area contributed by atoms with E-state index in [1.807, 2.05) is 30.3 Å². The van der Waals surface area contributed by atoms with Crippen LogP contribution in [0.5, 0.6) is 0 Å². The van der Waals surface area contributed by atoms with Crippen LogP contribution < -0.4 is 10.2 Å². The van der Waals surface area contributed by atoms with Crippen LogP contribution in [0, 0.1) is 10.1 Å². The Labute approximate surface area is 173 Å². The van der Waals surface area contributed by atoms with Gasteiger partial charge in [0.25, 0.3) is 0 Å². The third kappa shape index (κ3) is 6.69. The molecule has 1 aromatic carbocycles. The minimum Gasteiger partial charge on any atom is -0.465 e. The van der Waals surface area contributed by atoms with Crippen molar-refractivity contribution in [2.75, 3.05) is 36.5 Å². The number of nitro groups is 1. The van der Waals surface area contributed by atoms with Gasteiger partial charge in [0.2, 0.25) is 11.8 Å². The van der Waals surface area contributed by atoms with Gasteiger partial charge in [0.15, 0.2) is 0 Å². The molecule has 0 saturated carbocycles. The molecular formula is C19H23N5O6. The molecule has 0 atom stereocenters. The quantitative estimate of drug-likeness (QED) is 0.328. The van der Waals surface area contributed by atoms with Crippen molar-refractivity contribution in [3.05, 3.63) is 52.2 Å². The Bertz CT molecular complexity index is 877. The first-order chi connectivity index (χ1) is 14.4. The third-order valence-electron chi connectivity index (χ3n) is 3.78. The molecule has 2 rings (SSSR count). The van der Waals surface area contributed by atoms with Gasteiger partial charge in [-0.1, -0.05) is 30.3 Å². The molecule has 1 heterocycles. The maximum absolute atomic E-state index is 12.1. The topological polar surface area (TPSA) is 137 Å². The van der Waals surface area contributed by atoms with Gasteiger partial charge >= 0.3 is 17.6 Å². The predicted molar refractivity (Wildman–Crippen MR) is 108 cm³/mol. The molecule has 0 aliphatic carbocycles. The Balaban J connectivity index is 2.36. The first-order valence-corrected chi connectivity index (χ1v) is 9.30. The molecule has 0 saturated heterocycles. The zero-order valence-electron chi connectivity index (χ0n) is 16.7. The lowest BCUT2D eigenvalue weighted by molar-refractivity contribution is -0.384. The van der Waals surface area contributed by atoms with Crippen molar-refractivity contribution in [2.24, 2.45) is 0 Å². The lowest BCUT2D eigenvalue weighted by atomic mass is 10.2. The van der Waals surface area contributed by atoms with Crippen LogP contribution in [0.2, 0.25) is 0 Å². The van der Waals surface area contributed by atoms with Crippen LogP contribution in [-0.4, -0.2) is 53.1 Å². The zero-order chi connectivity index (χ0) is 21.9. The highest BCUT2D eigenvalue weighted by atomic mass is 16.6. The van der Waals surface area contributed by atoms with Crippen molar-refractivity contribution in [1.29, 1.82) is 0 Å². The lowest BCUT2D eigenvalue weighted by Gasteiger charge is -2.23. The summed E-state index contributed by atoms with van der Waals surface area (Å²) in [6, 6.07) is 9.12. The number of ether oxygens (including phenoxy) is 2. The molecular weight excluding hydrogens is 394 g/mol. The van der Waals surface area contributed by atoms with Crippen LogP contribution in [0.25, 0.3) is 0 Å². The van der Waals surface area contributed by atoms with E-state index in [1.54, 1.807) is 13.8 Å². The molecule has 0 aliphatic rings. The first-order valence-electron chi connectivity index (χ1n) is 9.30. The largest absolute Gasteiger partial charge is 0.465 e. The molecule has 11 nitrogen and oxygen atoms in total. The Morgan fingerprint density at radius 3 is 2.43 bits per heavy atom. The molecule has 0 bridgehead atoms. The van der Waals surface area contributed by atoms with E-state index < -0.39 is 16.9 Å². The summed E-state index contributed by atoms with van der Waals surface area (Å²) in [6.07, 6.45) is 1.03. The van der Waals surface area contributed by atoms with Crippen molar-refractivity contribution in [3.63, 3.8) is 0 Å². The molecule has 0 unspecified atom stereocenters. The summed E-state index contributed by atoms with van der Waals surface area (Å²) in [4.78, 5) is 44.1. The number of nitrogens with zero attached hydrogens (tertiary/aromatic N) is 4. The Morgan fingerprint density at radius 1 is 1.13 bits per heavy atom. The highest BCUT2D eigenvalue weighted by Crippen LogP contribution is 2.27. The molecule has 0 amide bonds. The van der Waals surface area contributed by atoms with E-state index in [0.29, 0.717) is 0 Å². The fourth-order valence-corrected chi connectivity index (χ4v) is 2.55. The molecule has 0 radical (unpaired) electrons. The maximum Gasteiger partial charge on any atom is 0.329 e. The molecule has 0 aliphatic heterocycles. The van der Waals surface area contributed by atoms with Crippen LogP contribution in [0.15, 0.2) is 36.5 Å². The summed E-state index contributed by atoms with van der Waals surface area (Å²) < 4.78 is 9.82. The van der Waals surface area contributed by atoms with Gasteiger partial charge in [-0.25, -0.2) is 4.98 Å². The molecule has 0 fully saturated rings. The Morgan fingerprint density at radius 2 is 1.80 bits per heavy atom. The summed E-state index contributed by atoms with van der Waals surface area (Å²) in [7, 11) is 0. The third-order valence-corrected chi connectivity index (χ3v) is 3.78. The summed E-state index contributed by atoms with van der Waals surface area (Å²) in [5.41, 5.74) is 0.438. The van der Waals surface area contributed by atoms with E-state index in [0.717, 1.165) is 11.8 Å². The number of hydrogen-bond donors (Lipinski definition) is 1. The fourth-order valence-electron chi connectivity index (χ4n) is 2.55. The van der Waals surface area contributed by atoms with Crippen molar-refractivity contribution in [3.8, 4) is 0 Å². The molecule has 0 spiro atoms. The molecule has 11 heteroatoms. The van der Waals surface area contributed by atoms with Gasteiger partial charge in [0.1, 0.15) is 19.3 Å². The fraction of sp³-hybridized carbons (Fsp3) is 0.368. The van der Waals surface area contributed by atoms with Crippen molar-refractivity contribution in [1.82, 2.24) is 9.97 Å². The van der Waals surface area contributed by atoms with E-state index >= 15 is 0 Å². The number of carbonyl (C=O) groups excluding carboxylic acids is 2. The number of hydrogen-bond acceptors (Lipinski definition) is 10. The standard InChI is InChI=1S/C19H23N5O6/c1-3-29-16(25)11-21-19-20-10-15(24(27)28)18(22-19)23(13-17(26)30-4-2)12-14-8-6-5-7-9-14/h5-10H,3-4,11-13H2,1-2H3,(H,20,21,22). The molecule has 1 aromatic heterocycles. The van der Waals surface area contributed by atoms with Crippen molar-refractivity contribution < 1.29 is 24.0 Å². The Kier molecular flexibility index (Phi) is 8.48. The SMILES string of the molecule is CCOC(=O)CNc1ncc([N+](=O)[O-])c(N(CC(=O)OCC)Cc2ccccc2)n1. The second kappa shape index (κ2) is 11.3. The highest BCUT2D eigenvalue weighted by Gasteiger charge is 2.25. The normalized spacial score (nSPS) is 10.2. The van der Waals surface area contributed by atoms with Gasteiger partial charge in [-0.05, 0) is 19.4 Å². The van der Waals surface area contributed by atoms with Gasteiger partial charge in [-0.3, -0.25) is 19.7 Å². The van der Waals surface area contributed by atoms with Crippen LogP contribution in [0.4, 0.5) is 17.5 Å². The second-order valence-electron chi connectivity index (χ2n) is 5.96. The summed E-state index contributed by atoms with van der Waals surface area (Å²) in [5, 5.41) is 14.2. The number of benzene rings is 1. The molecule has 1 N–H and O–H groups in total. The van der Waals surface area contributed by atoms with Crippen molar-refractivity contribution in [2.45, 2.75) is 20.4 Å². The first kappa shape index (κ1) is 22.5. The smallest absolute Gasteiger partial charge is 0.329 e. The van der Waals surface area contributed by atoms with Gasteiger partial charge in [-0.2, -0.15) is 4.98 Å². The summed E-state index contributed by atoms with van der Waals surface area (Å²) in [5.74, 6) is -1.15. The number of rotatable bonds is 11. The minimum absolute atomic E-state index is 0.00873. The minimum atomic E-state index is -0.631. The number of anilines is 2. The maximum atomic E-state index is 12.1. The molecule has 30 heavy (non-hydrogen) atoms. The van der Waals surface area contributed by atoms with Crippen LogP contribution in [-0.2, 0) is 25.6 Å². The van der Waals surface area contributed by atoms with Crippen molar-refractivity contribution >= 4 is 29.4 Å². The van der Waals surface area contributed by atoms with E-state index in [9.17, 15) is 19.7 Å². The van der Waals surface area contributed by atoms with Crippen LogP contribution >= 0.6 is 0 Å². The van der Waals surface area contributed by atoms with Gasteiger partial charge in [-0.15, -0.1) is 0 Å². The Hall–Kier alpha value is -3.76. The monoisotopic (exact) mass is 417 g/mol. The number of aromatic nitrogens is 2. The highest BCUT2D eigenvalue weighted by molar-refractivity contribution is 5.77. The molecule has 2 aromatic rings. The van der Waals surface area contributed by atoms with Crippen LogP contribution in [0.1, 0.15) is 19.4 Å². The summed E-state index contributed by atoms with van der Waals surface area (Å²) in [6.45, 7) is 3.46. The van der Waals surface area contributed by atoms with E-state index in [1.165, 1.54) is 4.90 Å². The molecule has 160 valence electrons. The van der Waals surface area contributed by atoms with Gasteiger partial charge < -0.3 is 19.7 Å². The number of carbonyl (C=O) groups is 2. The average Bonchev–Trinajstić information content (AvgIpc) is 2.72. The van der Waals surface area contributed by atoms with E-state index in [-0.39, 0.29) is 50.3 Å². The number of nitrogens with one attached hydrogen (secondary N) is 1. The average molecular weight is 417 g/mol.